The molecular weight excluding hydrogens is 232 g/mol. The molecule has 5 unspecified atom stereocenters. The molecule has 4 nitrogen and oxygen atoms in total. The van der Waals surface area contributed by atoms with Gasteiger partial charge in [-0.2, -0.15) is 0 Å². The third-order valence-corrected chi connectivity index (χ3v) is 4.74. The van der Waals surface area contributed by atoms with Crippen LogP contribution in [0.25, 0.3) is 0 Å². The van der Waals surface area contributed by atoms with E-state index in [2.05, 4.69) is 13.5 Å². The van der Waals surface area contributed by atoms with Crippen LogP contribution in [0.5, 0.6) is 0 Å². The number of esters is 2. The Labute approximate surface area is 106 Å². The summed E-state index contributed by atoms with van der Waals surface area (Å²) in [5, 5.41) is 0. The first-order chi connectivity index (χ1) is 8.40. The Bertz CT molecular complexity index is 441. The number of carbonyl (C=O) groups excluding carboxylic acids is 2. The van der Waals surface area contributed by atoms with Crippen LogP contribution < -0.4 is 0 Å². The Balaban J connectivity index is 1.77. The van der Waals surface area contributed by atoms with Crippen molar-refractivity contribution >= 4 is 11.9 Å². The third-order valence-electron chi connectivity index (χ3n) is 4.74. The molecule has 2 saturated carbocycles. The van der Waals surface area contributed by atoms with Crippen LogP contribution >= 0.6 is 0 Å². The maximum Gasteiger partial charge on any atom is 0.333 e. The summed E-state index contributed by atoms with van der Waals surface area (Å²) in [6.45, 7) is 7.39. The second kappa shape index (κ2) is 3.59. The van der Waals surface area contributed by atoms with E-state index in [9.17, 15) is 9.59 Å². The van der Waals surface area contributed by atoms with Crippen LogP contribution in [-0.2, 0) is 19.1 Å². The third kappa shape index (κ3) is 1.51. The van der Waals surface area contributed by atoms with Gasteiger partial charge in [-0.1, -0.05) is 13.5 Å². The van der Waals surface area contributed by atoms with Gasteiger partial charge < -0.3 is 9.47 Å². The van der Waals surface area contributed by atoms with E-state index >= 15 is 0 Å². The zero-order valence-corrected chi connectivity index (χ0v) is 10.8. The molecule has 0 amide bonds. The van der Waals surface area contributed by atoms with Crippen LogP contribution in [0.15, 0.2) is 12.2 Å². The highest BCUT2D eigenvalue weighted by molar-refractivity contribution is 5.87. The average Bonchev–Trinajstić information content (AvgIpc) is 2.86. The van der Waals surface area contributed by atoms with Crippen molar-refractivity contribution in [3.8, 4) is 0 Å². The summed E-state index contributed by atoms with van der Waals surface area (Å²) < 4.78 is 10.9. The number of fused-ring (bicyclic) bond motifs is 5. The molecule has 98 valence electrons. The largest absolute Gasteiger partial charge is 0.461 e. The van der Waals surface area contributed by atoms with Gasteiger partial charge in [-0.15, -0.1) is 0 Å². The zero-order valence-electron chi connectivity index (χ0n) is 10.8. The van der Waals surface area contributed by atoms with Crippen molar-refractivity contribution in [2.24, 2.45) is 17.3 Å². The van der Waals surface area contributed by atoms with Crippen LogP contribution in [0.4, 0.5) is 0 Å². The Morgan fingerprint density at radius 3 is 2.83 bits per heavy atom. The lowest BCUT2D eigenvalue weighted by atomic mass is 9.77. The fourth-order valence-corrected chi connectivity index (χ4v) is 4.00. The van der Waals surface area contributed by atoms with Crippen molar-refractivity contribution in [2.45, 2.75) is 45.3 Å². The predicted octanol–water partition coefficient (Wildman–Crippen LogP) is 1.84. The molecule has 5 atom stereocenters. The summed E-state index contributed by atoms with van der Waals surface area (Å²) >= 11 is 0. The molecule has 0 spiro atoms. The molecule has 0 aromatic heterocycles. The Morgan fingerprint density at radius 2 is 2.17 bits per heavy atom. The molecule has 0 radical (unpaired) electrons. The molecule has 1 saturated heterocycles. The first-order valence-corrected chi connectivity index (χ1v) is 6.47. The van der Waals surface area contributed by atoms with Gasteiger partial charge in [-0.25, -0.2) is 4.79 Å². The number of hydrogen-bond acceptors (Lipinski definition) is 4. The van der Waals surface area contributed by atoms with E-state index in [0.29, 0.717) is 12.0 Å². The maximum absolute atomic E-state index is 11.6. The smallest absolute Gasteiger partial charge is 0.333 e. The quantitative estimate of drug-likeness (QED) is 0.554. The van der Waals surface area contributed by atoms with E-state index in [4.69, 9.17) is 9.47 Å². The molecule has 4 heteroatoms. The van der Waals surface area contributed by atoms with Crippen molar-refractivity contribution in [1.82, 2.24) is 0 Å². The van der Waals surface area contributed by atoms with E-state index in [1.165, 1.54) is 0 Å². The molecule has 0 N–H and O–H groups in total. The lowest BCUT2D eigenvalue weighted by Crippen LogP contribution is -2.39. The van der Waals surface area contributed by atoms with Gasteiger partial charge in [0.1, 0.15) is 12.2 Å². The lowest BCUT2D eigenvalue weighted by molar-refractivity contribution is -0.153. The second-order valence-electron chi connectivity index (χ2n) is 6.23. The van der Waals surface area contributed by atoms with Gasteiger partial charge in [0.05, 0.1) is 6.42 Å². The first kappa shape index (κ1) is 11.8. The topological polar surface area (TPSA) is 52.6 Å². The Morgan fingerprint density at radius 1 is 1.44 bits per heavy atom. The molecule has 1 aliphatic heterocycles. The maximum atomic E-state index is 11.6. The first-order valence-electron chi connectivity index (χ1n) is 6.47. The molecule has 3 aliphatic rings. The van der Waals surface area contributed by atoms with Crippen molar-refractivity contribution in [2.75, 3.05) is 0 Å². The minimum Gasteiger partial charge on any atom is -0.461 e. The molecule has 18 heavy (non-hydrogen) atoms. The van der Waals surface area contributed by atoms with Gasteiger partial charge >= 0.3 is 11.9 Å². The summed E-state index contributed by atoms with van der Waals surface area (Å²) in [7, 11) is 0. The fraction of sp³-hybridized carbons (Fsp3) is 0.714. The number of rotatable bonds is 2. The molecular formula is C14H18O4. The van der Waals surface area contributed by atoms with Gasteiger partial charge in [0, 0.05) is 22.8 Å². The summed E-state index contributed by atoms with van der Waals surface area (Å²) in [6.07, 6.45) is 2.23. The van der Waals surface area contributed by atoms with Gasteiger partial charge in [0.15, 0.2) is 0 Å². The second-order valence-corrected chi connectivity index (χ2v) is 6.23. The Kier molecular flexibility index (Phi) is 2.34. The number of ether oxygens (including phenoxy) is 2. The van der Waals surface area contributed by atoms with E-state index in [1.807, 2.05) is 0 Å². The van der Waals surface area contributed by atoms with E-state index in [-0.39, 0.29) is 41.4 Å². The molecule has 0 aromatic rings. The molecule has 3 fully saturated rings. The van der Waals surface area contributed by atoms with Gasteiger partial charge in [0.25, 0.3) is 0 Å². The van der Waals surface area contributed by atoms with E-state index < -0.39 is 0 Å². The number of hydrogen-bond donors (Lipinski definition) is 0. The van der Waals surface area contributed by atoms with E-state index in [0.717, 1.165) is 12.8 Å². The van der Waals surface area contributed by atoms with Crippen LogP contribution in [0.1, 0.15) is 33.1 Å². The van der Waals surface area contributed by atoms with Gasteiger partial charge in [-0.05, 0) is 19.8 Å². The molecule has 1 heterocycles. The summed E-state index contributed by atoms with van der Waals surface area (Å²) in [5.41, 5.74) is 0.417. The minimum absolute atomic E-state index is 0.0124. The van der Waals surface area contributed by atoms with E-state index in [1.54, 1.807) is 6.92 Å². The highest BCUT2D eigenvalue weighted by Gasteiger charge is 2.65. The molecule has 2 bridgehead atoms. The zero-order chi connectivity index (χ0) is 13.1. The minimum atomic E-state index is -0.321. The predicted molar refractivity (Wildman–Crippen MR) is 63.5 cm³/mol. The van der Waals surface area contributed by atoms with Crippen molar-refractivity contribution in [3.63, 3.8) is 0 Å². The van der Waals surface area contributed by atoms with Crippen LogP contribution in [-0.4, -0.2) is 24.1 Å². The van der Waals surface area contributed by atoms with Crippen molar-refractivity contribution in [3.05, 3.63) is 12.2 Å². The number of carbonyl (C=O) groups is 2. The Hall–Kier alpha value is -1.32. The standard InChI is InChI=1S/C14H18O4/c1-7(2)13(16)17-10-6-14(3)5-9(10)8-4-11(15)18-12(8)14/h8-10,12H,1,4-6H2,2-3H3. The lowest BCUT2D eigenvalue weighted by Gasteiger charge is -2.34. The van der Waals surface area contributed by atoms with Gasteiger partial charge in [-0.3, -0.25) is 4.79 Å². The molecule has 3 rings (SSSR count). The highest BCUT2D eigenvalue weighted by Crippen LogP contribution is 2.61. The summed E-state index contributed by atoms with van der Waals surface area (Å²) in [6, 6.07) is 0. The molecule has 0 aromatic carbocycles. The van der Waals surface area contributed by atoms with Crippen molar-refractivity contribution in [1.29, 1.82) is 0 Å². The molecule has 2 aliphatic carbocycles. The fourth-order valence-electron chi connectivity index (χ4n) is 4.00. The highest BCUT2D eigenvalue weighted by atomic mass is 16.6. The average molecular weight is 250 g/mol. The van der Waals surface area contributed by atoms with Crippen molar-refractivity contribution < 1.29 is 19.1 Å². The van der Waals surface area contributed by atoms with Crippen LogP contribution in [0, 0.1) is 17.3 Å². The summed E-state index contributed by atoms with van der Waals surface area (Å²) in [5.74, 6) is 0.0830. The van der Waals surface area contributed by atoms with Crippen LogP contribution in [0.3, 0.4) is 0 Å². The SMILES string of the molecule is C=C(C)C(=O)OC1CC2(C)CC1C1CC(=O)OC12. The normalized spacial score (nSPS) is 44.7. The van der Waals surface area contributed by atoms with Gasteiger partial charge in [0.2, 0.25) is 0 Å². The monoisotopic (exact) mass is 250 g/mol. The van der Waals surface area contributed by atoms with Crippen LogP contribution in [0.2, 0.25) is 0 Å². The summed E-state index contributed by atoms with van der Waals surface area (Å²) in [4.78, 5) is 23.0.